The van der Waals surface area contributed by atoms with Crippen LogP contribution in [0.3, 0.4) is 0 Å². The molecule has 0 bridgehead atoms. The molecule has 6 nitrogen and oxygen atoms in total. The smallest absolute Gasteiger partial charge is 0.341 e. The third-order valence-electron chi connectivity index (χ3n) is 3.25. The van der Waals surface area contributed by atoms with Crippen molar-refractivity contribution in [3.8, 4) is 0 Å². The first kappa shape index (κ1) is 13.1. The van der Waals surface area contributed by atoms with Crippen LogP contribution in [0.1, 0.15) is 27.3 Å². The number of hydrogen-bond acceptors (Lipinski definition) is 3. The topological polar surface area (TPSA) is 77.1 Å². The van der Waals surface area contributed by atoms with Gasteiger partial charge < -0.3 is 9.67 Å². The quantitative estimate of drug-likeness (QED) is 0.892. The van der Waals surface area contributed by atoms with Crippen LogP contribution in [-0.2, 0) is 13.6 Å². The summed E-state index contributed by atoms with van der Waals surface area (Å²) in [4.78, 5) is 22.5. The highest BCUT2D eigenvalue weighted by Crippen LogP contribution is 2.10. The van der Waals surface area contributed by atoms with Gasteiger partial charge in [-0.25, -0.2) is 4.79 Å². The Kier molecular flexibility index (Phi) is 3.25. The largest absolute Gasteiger partial charge is 0.477 e. The van der Waals surface area contributed by atoms with Crippen LogP contribution in [0.2, 0.25) is 0 Å². The molecule has 2 aromatic rings. The van der Waals surface area contributed by atoms with Crippen molar-refractivity contribution in [1.29, 1.82) is 0 Å². The number of aromatic carboxylic acids is 1. The van der Waals surface area contributed by atoms with E-state index in [0.29, 0.717) is 6.54 Å². The van der Waals surface area contributed by atoms with E-state index in [0.717, 1.165) is 17.0 Å². The molecule has 0 atom stereocenters. The highest BCUT2D eigenvalue weighted by atomic mass is 16.4. The average Bonchev–Trinajstić information content (AvgIpc) is 2.64. The fourth-order valence-electron chi connectivity index (χ4n) is 1.89. The Hall–Kier alpha value is -2.37. The number of carbonyl (C=O) groups is 1. The van der Waals surface area contributed by atoms with Crippen molar-refractivity contribution in [1.82, 2.24) is 14.3 Å². The lowest BCUT2D eigenvalue weighted by Gasteiger charge is -2.11. The molecular weight excluding hydrogens is 246 g/mol. The van der Waals surface area contributed by atoms with Crippen LogP contribution < -0.4 is 5.43 Å². The van der Waals surface area contributed by atoms with Crippen molar-refractivity contribution in [2.24, 2.45) is 7.05 Å². The molecule has 0 saturated heterocycles. The first-order chi connectivity index (χ1) is 8.90. The Morgan fingerprint density at radius 3 is 2.63 bits per heavy atom. The van der Waals surface area contributed by atoms with E-state index in [-0.39, 0.29) is 5.56 Å². The number of aromatic nitrogens is 3. The second kappa shape index (κ2) is 4.72. The molecule has 0 saturated carbocycles. The average molecular weight is 261 g/mol. The Labute approximate surface area is 109 Å². The Morgan fingerprint density at radius 1 is 1.42 bits per heavy atom. The van der Waals surface area contributed by atoms with Gasteiger partial charge in [0, 0.05) is 36.3 Å². The molecule has 6 heteroatoms. The summed E-state index contributed by atoms with van der Waals surface area (Å²) in [5.74, 6) is -1.21. The summed E-state index contributed by atoms with van der Waals surface area (Å²) in [7, 11) is 1.85. The van der Waals surface area contributed by atoms with Gasteiger partial charge in [0.1, 0.15) is 5.56 Å². The van der Waals surface area contributed by atoms with Gasteiger partial charge in [0.05, 0.1) is 12.7 Å². The summed E-state index contributed by atoms with van der Waals surface area (Å²) in [6.07, 6.45) is 3.12. The van der Waals surface area contributed by atoms with Gasteiger partial charge in [0.2, 0.25) is 0 Å². The van der Waals surface area contributed by atoms with Crippen molar-refractivity contribution >= 4 is 5.97 Å². The molecule has 0 radical (unpaired) electrons. The Morgan fingerprint density at radius 2 is 2.11 bits per heavy atom. The van der Waals surface area contributed by atoms with Crippen LogP contribution in [0, 0.1) is 13.8 Å². The van der Waals surface area contributed by atoms with Gasteiger partial charge in [-0.3, -0.25) is 9.48 Å². The summed E-state index contributed by atoms with van der Waals surface area (Å²) in [6.45, 7) is 4.21. The van der Waals surface area contributed by atoms with Crippen molar-refractivity contribution in [3.63, 3.8) is 0 Å². The lowest BCUT2D eigenvalue weighted by molar-refractivity contribution is 0.0694. The minimum absolute atomic E-state index is 0.216. The summed E-state index contributed by atoms with van der Waals surface area (Å²) in [6, 6.07) is 1.34. The molecule has 1 N–H and O–H groups in total. The van der Waals surface area contributed by atoms with E-state index in [2.05, 4.69) is 5.10 Å². The van der Waals surface area contributed by atoms with E-state index in [1.54, 1.807) is 22.4 Å². The molecule has 0 amide bonds. The first-order valence-electron chi connectivity index (χ1n) is 5.82. The second-order valence-electron chi connectivity index (χ2n) is 4.50. The number of pyridine rings is 1. The minimum Gasteiger partial charge on any atom is -0.477 e. The van der Waals surface area contributed by atoms with E-state index < -0.39 is 11.4 Å². The summed E-state index contributed by atoms with van der Waals surface area (Å²) in [5, 5.41) is 13.1. The van der Waals surface area contributed by atoms with Gasteiger partial charge in [-0.2, -0.15) is 5.10 Å². The van der Waals surface area contributed by atoms with Crippen molar-refractivity contribution in [3.05, 3.63) is 51.2 Å². The summed E-state index contributed by atoms with van der Waals surface area (Å²) < 4.78 is 3.50. The monoisotopic (exact) mass is 261 g/mol. The zero-order chi connectivity index (χ0) is 14.2. The van der Waals surface area contributed by atoms with Crippen LogP contribution >= 0.6 is 0 Å². The Balaban J connectivity index is 2.46. The maximum absolute atomic E-state index is 11.5. The predicted molar refractivity (Wildman–Crippen MR) is 69.4 cm³/mol. The highest BCUT2D eigenvalue weighted by Gasteiger charge is 2.12. The number of hydrogen-bond donors (Lipinski definition) is 1. The van der Waals surface area contributed by atoms with Gasteiger partial charge in [-0.1, -0.05) is 0 Å². The third kappa shape index (κ3) is 2.42. The molecule has 0 aliphatic rings. The fraction of sp³-hybridized carbons (Fsp3) is 0.308. The molecule has 2 heterocycles. The first-order valence-corrected chi connectivity index (χ1v) is 5.82. The molecule has 0 aromatic carbocycles. The predicted octanol–water partition coefficient (Wildman–Crippen LogP) is 0.945. The number of carboxylic acid groups (broad SMARTS) is 1. The van der Waals surface area contributed by atoms with E-state index in [1.165, 1.54) is 12.3 Å². The van der Waals surface area contributed by atoms with Gasteiger partial charge >= 0.3 is 5.97 Å². The van der Waals surface area contributed by atoms with Crippen LogP contribution in [0.25, 0.3) is 0 Å². The molecule has 2 rings (SSSR count). The zero-order valence-electron chi connectivity index (χ0n) is 11.0. The van der Waals surface area contributed by atoms with Gasteiger partial charge in [-0.05, 0) is 13.8 Å². The van der Waals surface area contributed by atoms with Gasteiger partial charge in [-0.15, -0.1) is 0 Å². The molecule has 0 aliphatic heterocycles. The molecule has 0 spiro atoms. The SMILES string of the molecule is Cc1cc(=O)c(C(=O)O)cn1Cc1cnn(C)c1C. The van der Waals surface area contributed by atoms with Crippen molar-refractivity contribution < 1.29 is 9.90 Å². The number of carboxylic acids is 1. The maximum Gasteiger partial charge on any atom is 0.341 e. The van der Waals surface area contributed by atoms with E-state index in [9.17, 15) is 9.59 Å². The van der Waals surface area contributed by atoms with Gasteiger partial charge in [0.25, 0.3) is 0 Å². The maximum atomic E-state index is 11.5. The molecule has 100 valence electrons. The minimum atomic E-state index is -1.21. The standard InChI is InChI=1S/C13H15N3O3/c1-8-4-12(17)11(13(18)19)7-16(8)6-10-5-14-15(3)9(10)2/h4-5,7H,6H2,1-3H3,(H,18,19). The molecule has 19 heavy (non-hydrogen) atoms. The van der Waals surface area contributed by atoms with Gasteiger partial charge in [0.15, 0.2) is 5.43 Å². The van der Waals surface area contributed by atoms with Crippen molar-refractivity contribution in [2.45, 2.75) is 20.4 Å². The normalized spacial score (nSPS) is 10.7. The molecule has 2 aromatic heterocycles. The number of aryl methyl sites for hydroxylation is 2. The number of nitrogens with zero attached hydrogens (tertiary/aromatic N) is 3. The van der Waals surface area contributed by atoms with E-state index in [1.807, 2.05) is 14.0 Å². The lowest BCUT2D eigenvalue weighted by Crippen LogP contribution is -2.19. The number of rotatable bonds is 3. The third-order valence-corrected chi connectivity index (χ3v) is 3.25. The van der Waals surface area contributed by atoms with Crippen LogP contribution in [0.15, 0.2) is 23.3 Å². The molecule has 0 aliphatic carbocycles. The summed E-state index contributed by atoms with van der Waals surface area (Å²) in [5.41, 5.74) is 2.04. The Bertz CT molecular complexity index is 698. The fourth-order valence-corrected chi connectivity index (χ4v) is 1.89. The zero-order valence-corrected chi connectivity index (χ0v) is 11.0. The highest BCUT2D eigenvalue weighted by molar-refractivity contribution is 5.87. The molecular formula is C13H15N3O3. The summed E-state index contributed by atoms with van der Waals surface area (Å²) >= 11 is 0. The van der Waals surface area contributed by atoms with Crippen LogP contribution in [0.4, 0.5) is 0 Å². The van der Waals surface area contributed by atoms with E-state index >= 15 is 0 Å². The molecule has 0 fully saturated rings. The van der Waals surface area contributed by atoms with Crippen LogP contribution in [0.5, 0.6) is 0 Å². The second-order valence-corrected chi connectivity index (χ2v) is 4.50. The van der Waals surface area contributed by atoms with E-state index in [4.69, 9.17) is 5.11 Å². The lowest BCUT2D eigenvalue weighted by atomic mass is 10.2. The van der Waals surface area contributed by atoms with Crippen LogP contribution in [-0.4, -0.2) is 25.4 Å². The molecule has 0 unspecified atom stereocenters. The van der Waals surface area contributed by atoms with Crippen molar-refractivity contribution in [2.75, 3.05) is 0 Å².